The number of amides is 1. The van der Waals surface area contributed by atoms with Crippen molar-refractivity contribution in [2.24, 2.45) is 0 Å². The molecule has 8 heteroatoms. The molecule has 38 heavy (non-hydrogen) atoms. The zero-order valence-corrected chi connectivity index (χ0v) is 22.3. The Labute approximate surface area is 224 Å². The Hall–Kier alpha value is -4.30. The highest BCUT2D eigenvalue weighted by Gasteiger charge is 2.19. The minimum atomic E-state index is -0.237. The van der Waals surface area contributed by atoms with Crippen molar-refractivity contribution in [3.05, 3.63) is 100 Å². The first kappa shape index (κ1) is 25.4. The Morgan fingerprint density at radius 3 is 2.55 bits per heavy atom. The van der Waals surface area contributed by atoms with Crippen LogP contribution in [0.2, 0.25) is 0 Å². The number of fused-ring (bicyclic) bond motifs is 1. The Balaban J connectivity index is 1.54. The maximum atomic E-state index is 13.8. The van der Waals surface area contributed by atoms with Crippen molar-refractivity contribution in [2.75, 3.05) is 17.7 Å². The summed E-state index contributed by atoms with van der Waals surface area (Å²) in [5.41, 5.74) is 5.99. The Kier molecular flexibility index (Phi) is 7.33. The third-order valence-electron chi connectivity index (χ3n) is 6.16. The van der Waals surface area contributed by atoms with Gasteiger partial charge in [-0.15, -0.1) is 0 Å². The molecule has 0 fully saturated rings. The molecule has 0 atom stereocenters. The van der Waals surface area contributed by atoms with E-state index in [4.69, 9.17) is 9.72 Å². The van der Waals surface area contributed by atoms with Crippen molar-refractivity contribution in [1.82, 2.24) is 14.5 Å². The van der Waals surface area contributed by atoms with Crippen LogP contribution >= 0.6 is 11.8 Å². The minimum Gasteiger partial charge on any atom is -0.494 e. The van der Waals surface area contributed by atoms with E-state index >= 15 is 0 Å². The van der Waals surface area contributed by atoms with Gasteiger partial charge in [0, 0.05) is 17.4 Å². The molecule has 1 amide bonds. The number of ether oxygens (including phenoxy) is 1. The van der Waals surface area contributed by atoms with E-state index in [1.54, 1.807) is 10.8 Å². The van der Waals surface area contributed by atoms with Crippen LogP contribution in [0.4, 0.5) is 5.69 Å². The van der Waals surface area contributed by atoms with Gasteiger partial charge in [-0.05, 0) is 67.8 Å². The van der Waals surface area contributed by atoms with Crippen molar-refractivity contribution in [1.29, 1.82) is 0 Å². The molecular weight excluding hydrogens is 496 g/mol. The van der Waals surface area contributed by atoms with Crippen molar-refractivity contribution < 1.29 is 9.53 Å². The zero-order chi connectivity index (χ0) is 26.6. The Bertz CT molecular complexity index is 1660. The molecule has 2 N–H and O–H groups in total. The second-order valence-electron chi connectivity index (χ2n) is 8.91. The zero-order valence-electron chi connectivity index (χ0n) is 21.4. The number of aryl methyl sites for hydroxylation is 2. The summed E-state index contributed by atoms with van der Waals surface area (Å²) < 4.78 is 7.11. The summed E-state index contributed by atoms with van der Waals surface area (Å²) in [6, 6.07) is 23.0. The minimum absolute atomic E-state index is 0.0907. The van der Waals surface area contributed by atoms with Gasteiger partial charge in [-0.1, -0.05) is 54.2 Å². The molecule has 2 heterocycles. The molecule has 0 aliphatic carbocycles. The fraction of sp³-hybridized carbons (Fsp3) is 0.167. The average Bonchev–Trinajstić information content (AvgIpc) is 3.35. The number of anilines is 1. The van der Waals surface area contributed by atoms with Crippen molar-refractivity contribution in [3.63, 3.8) is 0 Å². The van der Waals surface area contributed by atoms with Crippen LogP contribution in [-0.4, -0.2) is 32.8 Å². The van der Waals surface area contributed by atoms with Crippen LogP contribution in [0.5, 0.6) is 5.75 Å². The molecule has 7 nitrogen and oxygen atoms in total. The number of aromatic amines is 1. The predicted molar refractivity (Wildman–Crippen MR) is 154 cm³/mol. The Morgan fingerprint density at radius 2 is 1.82 bits per heavy atom. The summed E-state index contributed by atoms with van der Waals surface area (Å²) >= 11 is 1.22. The lowest BCUT2D eigenvalue weighted by molar-refractivity contribution is -0.113. The number of aromatic nitrogens is 3. The first-order chi connectivity index (χ1) is 18.4. The lowest BCUT2D eigenvalue weighted by atomic mass is 10.1. The van der Waals surface area contributed by atoms with E-state index in [-0.39, 0.29) is 17.2 Å². The van der Waals surface area contributed by atoms with Crippen LogP contribution in [0, 0.1) is 13.8 Å². The second kappa shape index (κ2) is 11.0. The number of rotatable bonds is 8. The standard InChI is InChI=1S/C30H28N4O3S/c1-4-37-23-14-12-22(13-15-23)34-29(36)28-27(24(17-31-28)21-8-6-5-7-9-21)33-30(34)38-18-26(35)32-25-16-19(2)10-11-20(25)3/h5-17,31H,4,18H2,1-3H3,(H,32,35). The monoisotopic (exact) mass is 524 g/mol. The largest absolute Gasteiger partial charge is 0.494 e. The summed E-state index contributed by atoms with van der Waals surface area (Å²) in [6.07, 6.45) is 1.80. The molecule has 0 aliphatic heterocycles. The summed E-state index contributed by atoms with van der Waals surface area (Å²) in [5, 5.41) is 3.42. The summed E-state index contributed by atoms with van der Waals surface area (Å²) in [5.74, 6) is 0.633. The SMILES string of the molecule is CCOc1ccc(-n2c(SCC(=O)Nc3cc(C)ccc3C)nc3c(-c4ccccc4)c[nH]c3c2=O)cc1. The lowest BCUT2D eigenvalue weighted by Gasteiger charge is -2.14. The topological polar surface area (TPSA) is 89.0 Å². The number of H-pyrrole nitrogens is 1. The third kappa shape index (κ3) is 5.21. The average molecular weight is 525 g/mol. The summed E-state index contributed by atoms with van der Waals surface area (Å²) in [4.78, 5) is 34.7. The van der Waals surface area contributed by atoms with E-state index in [1.807, 2.05) is 93.6 Å². The van der Waals surface area contributed by atoms with E-state index < -0.39 is 0 Å². The number of benzene rings is 3. The fourth-order valence-electron chi connectivity index (χ4n) is 4.25. The lowest BCUT2D eigenvalue weighted by Crippen LogP contribution is -2.23. The number of carbonyl (C=O) groups excluding carboxylic acids is 1. The van der Waals surface area contributed by atoms with Crippen LogP contribution in [-0.2, 0) is 4.79 Å². The molecule has 2 aromatic heterocycles. The maximum Gasteiger partial charge on any atom is 0.283 e. The smallest absolute Gasteiger partial charge is 0.283 e. The molecule has 0 saturated heterocycles. The van der Waals surface area contributed by atoms with E-state index in [1.165, 1.54) is 11.8 Å². The second-order valence-corrected chi connectivity index (χ2v) is 9.85. The van der Waals surface area contributed by atoms with Crippen molar-refractivity contribution in [2.45, 2.75) is 25.9 Å². The van der Waals surface area contributed by atoms with E-state index in [2.05, 4.69) is 10.3 Å². The number of hydrogen-bond donors (Lipinski definition) is 2. The van der Waals surface area contributed by atoms with Gasteiger partial charge in [0.15, 0.2) is 5.16 Å². The summed E-state index contributed by atoms with van der Waals surface area (Å²) in [7, 11) is 0. The molecule has 0 saturated carbocycles. The first-order valence-corrected chi connectivity index (χ1v) is 13.4. The van der Waals surface area contributed by atoms with Gasteiger partial charge in [0.25, 0.3) is 5.56 Å². The maximum absolute atomic E-state index is 13.8. The molecule has 0 aliphatic rings. The predicted octanol–water partition coefficient (Wildman–Crippen LogP) is 6.13. The number of carbonyl (C=O) groups is 1. The molecule has 3 aromatic carbocycles. The fourth-order valence-corrected chi connectivity index (χ4v) is 5.05. The number of nitrogens with one attached hydrogen (secondary N) is 2. The highest BCUT2D eigenvalue weighted by Crippen LogP contribution is 2.29. The summed E-state index contributed by atoms with van der Waals surface area (Å²) in [6.45, 7) is 6.41. The molecule has 0 radical (unpaired) electrons. The van der Waals surface area contributed by atoms with Crippen LogP contribution < -0.4 is 15.6 Å². The van der Waals surface area contributed by atoms with Gasteiger partial charge in [-0.2, -0.15) is 0 Å². The molecule has 0 bridgehead atoms. The highest BCUT2D eigenvalue weighted by molar-refractivity contribution is 7.99. The van der Waals surface area contributed by atoms with Crippen LogP contribution in [0.25, 0.3) is 27.8 Å². The molecule has 192 valence electrons. The van der Waals surface area contributed by atoms with Gasteiger partial charge in [-0.3, -0.25) is 14.2 Å². The quantitative estimate of drug-likeness (QED) is 0.188. The van der Waals surface area contributed by atoms with E-state index in [0.717, 1.165) is 27.9 Å². The Morgan fingerprint density at radius 1 is 1.05 bits per heavy atom. The molecule has 5 rings (SSSR count). The van der Waals surface area contributed by atoms with E-state index in [9.17, 15) is 9.59 Å². The van der Waals surface area contributed by atoms with Crippen molar-refractivity contribution in [3.8, 4) is 22.6 Å². The van der Waals surface area contributed by atoms with Crippen molar-refractivity contribution >= 4 is 34.4 Å². The normalized spacial score (nSPS) is 11.0. The molecule has 0 unspecified atom stereocenters. The van der Waals surface area contributed by atoms with Gasteiger partial charge in [0.05, 0.1) is 18.0 Å². The first-order valence-electron chi connectivity index (χ1n) is 12.4. The third-order valence-corrected chi connectivity index (χ3v) is 7.10. The van der Waals surface area contributed by atoms with Crippen LogP contribution in [0.1, 0.15) is 18.1 Å². The van der Waals surface area contributed by atoms with E-state index in [0.29, 0.717) is 34.2 Å². The number of nitrogens with zero attached hydrogens (tertiary/aromatic N) is 2. The highest BCUT2D eigenvalue weighted by atomic mass is 32.2. The van der Waals surface area contributed by atoms with Gasteiger partial charge >= 0.3 is 0 Å². The van der Waals surface area contributed by atoms with Crippen LogP contribution in [0.15, 0.2) is 88.9 Å². The van der Waals surface area contributed by atoms with Gasteiger partial charge in [0.2, 0.25) is 5.91 Å². The number of hydrogen-bond acceptors (Lipinski definition) is 5. The number of thioether (sulfide) groups is 1. The molecule has 5 aromatic rings. The molecule has 0 spiro atoms. The van der Waals surface area contributed by atoms with Gasteiger partial charge in [-0.25, -0.2) is 4.98 Å². The van der Waals surface area contributed by atoms with Crippen LogP contribution in [0.3, 0.4) is 0 Å². The molecular formula is C30H28N4O3S. The van der Waals surface area contributed by atoms with Gasteiger partial charge < -0.3 is 15.0 Å². The van der Waals surface area contributed by atoms with Gasteiger partial charge in [0.1, 0.15) is 16.8 Å².